The van der Waals surface area contributed by atoms with Gasteiger partial charge in [-0.1, -0.05) is 0 Å². The van der Waals surface area contributed by atoms with Gasteiger partial charge in [-0.15, -0.1) is 12.4 Å². The highest BCUT2D eigenvalue weighted by molar-refractivity contribution is 7.87. The fraction of sp³-hybridized carbons (Fsp3) is 1.00. The van der Waals surface area contributed by atoms with E-state index in [1.165, 1.54) is 11.4 Å². The maximum atomic E-state index is 11.1. The average Bonchev–Trinajstić information content (AvgIpc) is 2.06. The summed E-state index contributed by atoms with van der Waals surface area (Å²) in [6, 6.07) is 0. The van der Waals surface area contributed by atoms with Crippen LogP contribution in [0.1, 0.15) is 0 Å². The highest BCUT2D eigenvalue weighted by Gasteiger charge is 2.20. The Balaban J connectivity index is 0.00000121. The van der Waals surface area contributed by atoms with Crippen molar-refractivity contribution in [3.63, 3.8) is 0 Å². The quantitative estimate of drug-likeness (QED) is 0.607. The number of hydrogen-bond donors (Lipinski definition) is 2. The number of piperazine rings is 1. The van der Waals surface area contributed by atoms with Gasteiger partial charge < -0.3 is 5.32 Å². The summed E-state index contributed by atoms with van der Waals surface area (Å²) in [5.41, 5.74) is 0. The molecule has 2 N–H and O–H groups in total. The smallest absolute Gasteiger partial charge is 0.279 e. The zero-order chi connectivity index (χ0) is 8.32. The number of hydrogen-bond acceptors (Lipinski definition) is 3. The molecule has 74 valence electrons. The Morgan fingerprint density at radius 3 is 2.25 bits per heavy atom. The first-order valence-corrected chi connectivity index (χ1v) is 5.00. The van der Waals surface area contributed by atoms with Crippen molar-refractivity contribution < 1.29 is 8.42 Å². The summed E-state index contributed by atoms with van der Waals surface area (Å²) >= 11 is 0. The lowest BCUT2D eigenvalue weighted by atomic mass is 10.4. The minimum absolute atomic E-state index is 0. The van der Waals surface area contributed by atoms with Crippen LogP contribution in [-0.2, 0) is 10.2 Å². The summed E-state index contributed by atoms with van der Waals surface area (Å²) in [5.74, 6) is 0. The van der Waals surface area contributed by atoms with Crippen molar-refractivity contribution in [2.45, 2.75) is 0 Å². The molecular weight excluding hydrogens is 202 g/mol. The molecule has 0 saturated carbocycles. The second kappa shape index (κ2) is 4.98. The van der Waals surface area contributed by atoms with Gasteiger partial charge in [-0.05, 0) is 0 Å². The predicted molar refractivity (Wildman–Crippen MR) is 49.7 cm³/mol. The van der Waals surface area contributed by atoms with Crippen molar-refractivity contribution in [3.05, 3.63) is 0 Å². The Kier molecular flexibility index (Phi) is 5.03. The van der Waals surface area contributed by atoms with E-state index in [4.69, 9.17) is 0 Å². The van der Waals surface area contributed by atoms with Gasteiger partial charge in [0.15, 0.2) is 0 Å². The Hall–Kier alpha value is 0.120. The molecule has 12 heavy (non-hydrogen) atoms. The van der Waals surface area contributed by atoms with Crippen molar-refractivity contribution in [3.8, 4) is 0 Å². The number of rotatable bonds is 2. The van der Waals surface area contributed by atoms with Crippen LogP contribution in [0.2, 0.25) is 0 Å². The lowest BCUT2D eigenvalue weighted by molar-refractivity contribution is 0.356. The van der Waals surface area contributed by atoms with Crippen LogP contribution in [0.5, 0.6) is 0 Å². The molecule has 0 aliphatic carbocycles. The lowest BCUT2D eigenvalue weighted by Gasteiger charge is -2.25. The third-order valence-corrected chi connectivity index (χ3v) is 3.23. The second-order valence-corrected chi connectivity index (χ2v) is 4.23. The Bertz CT molecular complexity index is 213. The summed E-state index contributed by atoms with van der Waals surface area (Å²) in [7, 11) is -1.75. The summed E-state index contributed by atoms with van der Waals surface area (Å²) in [6.07, 6.45) is 0. The van der Waals surface area contributed by atoms with Gasteiger partial charge in [-0.3, -0.25) is 0 Å². The SMILES string of the molecule is CNS(=O)(=O)N1CCNCC1.Cl. The average molecular weight is 216 g/mol. The van der Waals surface area contributed by atoms with Crippen molar-refractivity contribution in [1.82, 2.24) is 14.3 Å². The lowest BCUT2D eigenvalue weighted by Crippen LogP contribution is -2.49. The number of nitrogens with one attached hydrogen (secondary N) is 2. The van der Waals surface area contributed by atoms with Crippen LogP contribution >= 0.6 is 12.4 Å². The number of nitrogens with zero attached hydrogens (tertiary/aromatic N) is 1. The third-order valence-electron chi connectivity index (χ3n) is 1.67. The van der Waals surface area contributed by atoms with Crippen LogP contribution in [0.3, 0.4) is 0 Å². The Morgan fingerprint density at radius 1 is 1.33 bits per heavy atom. The van der Waals surface area contributed by atoms with E-state index in [1.807, 2.05) is 0 Å². The van der Waals surface area contributed by atoms with E-state index in [-0.39, 0.29) is 12.4 Å². The van der Waals surface area contributed by atoms with Crippen LogP contribution in [0, 0.1) is 0 Å². The molecule has 1 fully saturated rings. The molecule has 0 unspecified atom stereocenters. The molecule has 0 amide bonds. The fourth-order valence-corrected chi connectivity index (χ4v) is 1.94. The molecule has 1 aliphatic rings. The minimum Gasteiger partial charge on any atom is -0.314 e. The standard InChI is InChI=1S/C5H13N3O2S.ClH/c1-6-11(9,10)8-4-2-7-3-5-8;/h6-7H,2-5H2,1H3;1H. The first kappa shape index (κ1) is 12.1. The zero-order valence-corrected chi connectivity index (χ0v) is 8.54. The molecule has 0 atom stereocenters. The van der Waals surface area contributed by atoms with Gasteiger partial charge in [0.2, 0.25) is 0 Å². The highest BCUT2D eigenvalue weighted by Crippen LogP contribution is 1.97. The van der Waals surface area contributed by atoms with E-state index in [1.54, 1.807) is 0 Å². The molecule has 1 saturated heterocycles. The molecule has 0 aromatic carbocycles. The number of halogens is 1. The normalized spacial score (nSPS) is 20.1. The van der Waals surface area contributed by atoms with Gasteiger partial charge in [0.25, 0.3) is 10.2 Å². The van der Waals surface area contributed by atoms with Gasteiger partial charge in [-0.25, -0.2) is 4.72 Å². The van der Waals surface area contributed by atoms with E-state index in [2.05, 4.69) is 10.0 Å². The summed E-state index contributed by atoms with van der Waals surface area (Å²) in [4.78, 5) is 0. The van der Waals surface area contributed by atoms with Crippen molar-refractivity contribution in [2.75, 3.05) is 33.2 Å². The summed E-state index contributed by atoms with van der Waals surface area (Å²) in [5, 5.41) is 3.08. The van der Waals surface area contributed by atoms with Crippen molar-refractivity contribution in [1.29, 1.82) is 0 Å². The van der Waals surface area contributed by atoms with E-state index >= 15 is 0 Å². The summed E-state index contributed by atoms with van der Waals surface area (Å²) in [6.45, 7) is 2.59. The molecule has 5 nitrogen and oxygen atoms in total. The van der Waals surface area contributed by atoms with Gasteiger partial charge >= 0.3 is 0 Å². The molecule has 0 aromatic rings. The van der Waals surface area contributed by atoms with Crippen LogP contribution in [-0.4, -0.2) is 45.9 Å². The molecule has 7 heteroatoms. The minimum atomic E-state index is -3.18. The topological polar surface area (TPSA) is 61.4 Å². The van der Waals surface area contributed by atoms with E-state index in [9.17, 15) is 8.42 Å². The van der Waals surface area contributed by atoms with Crippen molar-refractivity contribution in [2.24, 2.45) is 0 Å². The van der Waals surface area contributed by atoms with Crippen LogP contribution in [0.25, 0.3) is 0 Å². The largest absolute Gasteiger partial charge is 0.314 e. The molecule has 1 aliphatic heterocycles. The van der Waals surface area contributed by atoms with Crippen LogP contribution < -0.4 is 10.0 Å². The van der Waals surface area contributed by atoms with Crippen molar-refractivity contribution >= 4 is 22.6 Å². The highest BCUT2D eigenvalue weighted by atomic mass is 35.5. The Morgan fingerprint density at radius 2 is 1.83 bits per heavy atom. The van der Waals surface area contributed by atoms with E-state index in [0.29, 0.717) is 13.1 Å². The third kappa shape index (κ3) is 2.87. The maximum absolute atomic E-state index is 11.1. The monoisotopic (exact) mass is 215 g/mol. The van der Waals surface area contributed by atoms with Gasteiger partial charge in [0, 0.05) is 33.2 Å². The zero-order valence-electron chi connectivity index (χ0n) is 6.91. The predicted octanol–water partition coefficient (Wildman–Crippen LogP) is -1.22. The Labute approximate surface area is 79.1 Å². The first-order chi connectivity index (χ1) is 5.17. The van der Waals surface area contributed by atoms with E-state index in [0.717, 1.165) is 13.1 Å². The fourth-order valence-electron chi connectivity index (χ4n) is 1.01. The molecular formula is C5H14ClN3O2S. The van der Waals surface area contributed by atoms with E-state index < -0.39 is 10.2 Å². The van der Waals surface area contributed by atoms with Crippen LogP contribution in [0.4, 0.5) is 0 Å². The summed E-state index contributed by atoms with van der Waals surface area (Å²) < 4.78 is 26.0. The molecule has 0 bridgehead atoms. The van der Waals surface area contributed by atoms with Gasteiger partial charge in [-0.2, -0.15) is 12.7 Å². The van der Waals surface area contributed by atoms with Gasteiger partial charge in [0.05, 0.1) is 0 Å². The molecule has 1 heterocycles. The van der Waals surface area contributed by atoms with Gasteiger partial charge in [0.1, 0.15) is 0 Å². The molecule has 0 spiro atoms. The molecule has 0 radical (unpaired) electrons. The second-order valence-electron chi connectivity index (χ2n) is 2.36. The molecule has 0 aromatic heterocycles. The van der Waals surface area contributed by atoms with Crippen LogP contribution in [0.15, 0.2) is 0 Å². The maximum Gasteiger partial charge on any atom is 0.279 e. The first-order valence-electron chi connectivity index (χ1n) is 3.56. The molecule has 1 rings (SSSR count).